The Morgan fingerprint density at radius 3 is 2.39 bits per heavy atom. The minimum absolute atomic E-state index is 0.157. The summed E-state index contributed by atoms with van der Waals surface area (Å²) in [6.07, 6.45) is -4.46. The molecule has 0 aliphatic carbocycles. The van der Waals surface area contributed by atoms with Crippen LogP contribution in [0, 0.1) is 0 Å². The van der Waals surface area contributed by atoms with Gasteiger partial charge in [-0.2, -0.15) is 13.2 Å². The van der Waals surface area contributed by atoms with E-state index in [0.717, 1.165) is 12.1 Å². The van der Waals surface area contributed by atoms with Crippen LogP contribution in [0.4, 0.5) is 29.3 Å². The molecule has 0 bridgehead atoms. The normalized spacial score (nSPS) is 16.6. The lowest BCUT2D eigenvalue weighted by Gasteiger charge is -2.23. The largest absolute Gasteiger partial charge is 0.416 e. The number of alkyl halides is 3. The van der Waals surface area contributed by atoms with Gasteiger partial charge in [-0.05, 0) is 42.5 Å². The Kier molecular flexibility index (Phi) is 6.12. The number of halogens is 5. The predicted octanol–water partition coefficient (Wildman–Crippen LogP) is 6.54. The Labute approximate surface area is 173 Å². The van der Waals surface area contributed by atoms with Crippen molar-refractivity contribution >= 4 is 57.5 Å². The molecule has 148 valence electrons. The van der Waals surface area contributed by atoms with Crippen molar-refractivity contribution in [2.75, 3.05) is 16.8 Å². The van der Waals surface area contributed by atoms with Crippen molar-refractivity contribution in [2.45, 2.75) is 18.3 Å². The van der Waals surface area contributed by atoms with Crippen LogP contribution in [-0.2, 0) is 6.18 Å². The van der Waals surface area contributed by atoms with Crippen molar-refractivity contribution in [3.63, 3.8) is 0 Å². The van der Waals surface area contributed by atoms with Crippen molar-refractivity contribution < 1.29 is 18.0 Å². The Hall–Kier alpha value is -1.90. The first-order chi connectivity index (χ1) is 13.1. The summed E-state index contributed by atoms with van der Waals surface area (Å²) in [4.78, 5) is 18.5. The molecule has 2 aromatic carbocycles. The predicted molar refractivity (Wildman–Crippen MR) is 109 cm³/mol. The van der Waals surface area contributed by atoms with Crippen LogP contribution in [0.5, 0.6) is 0 Å². The lowest BCUT2D eigenvalue weighted by atomic mass is 10.2. The number of thioether (sulfide) groups is 1. The van der Waals surface area contributed by atoms with Crippen LogP contribution in [0.1, 0.15) is 12.5 Å². The number of nitrogens with one attached hydrogen (secondary N) is 1. The first-order valence-electron chi connectivity index (χ1n) is 8.09. The number of carbonyl (C=O) groups excluding carboxylic acids is 1. The lowest BCUT2D eigenvalue weighted by molar-refractivity contribution is -0.137. The molecule has 0 radical (unpaired) electrons. The number of amidine groups is 1. The fraction of sp³-hybridized carbons (Fsp3) is 0.222. The number of hydrogen-bond acceptors (Lipinski definition) is 3. The van der Waals surface area contributed by atoms with Crippen molar-refractivity contribution in [3.8, 4) is 0 Å². The van der Waals surface area contributed by atoms with Gasteiger partial charge in [0.25, 0.3) is 0 Å². The number of anilines is 2. The standard InChI is InChI=1S/C18H14Cl2F3N3OS/c1-10-9-24-17(28-10)26(13-5-2-11(3-6-13)18(21,22)23)16(27)25-12-4-7-14(19)15(20)8-12/h2-8,10H,9H2,1H3,(H,25,27). The number of carbonyl (C=O) groups is 1. The zero-order chi connectivity index (χ0) is 20.5. The molecule has 0 spiro atoms. The van der Waals surface area contributed by atoms with Gasteiger partial charge in [0.05, 0.1) is 27.8 Å². The minimum Gasteiger partial charge on any atom is -0.307 e. The molecule has 3 rings (SSSR count). The number of amides is 2. The Balaban J connectivity index is 1.90. The van der Waals surface area contributed by atoms with Crippen LogP contribution < -0.4 is 10.2 Å². The molecule has 4 nitrogen and oxygen atoms in total. The summed E-state index contributed by atoms with van der Waals surface area (Å²) in [6, 6.07) is 8.36. The van der Waals surface area contributed by atoms with E-state index in [4.69, 9.17) is 23.2 Å². The summed E-state index contributed by atoms with van der Waals surface area (Å²) in [7, 11) is 0. The molecule has 2 amide bonds. The van der Waals surface area contributed by atoms with Gasteiger partial charge in [0.15, 0.2) is 5.17 Å². The number of benzene rings is 2. The van der Waals surface area contributed by atoms with Gasteiger partial charge in [0, 0.05) is 10.9 Å². The second-order valence-corrected chi connectivity index (χ2v) is 8.21. The van der Waals surface area contributed by atoms with Crippen LogP contribution in [0.2, 0.25) is 10.0 Å². The minimum atomic E-state index is -4.46. The van der Waals surface area contributed by atoms with Gasteiger partial charge in [-0.15, -0.1) is 0 Å². The van der Waals surface area contributed by atoms with Crippen molar-refractivity contribution in [3.05, 3.63) is 58.1 Å². The maximum Gasteiger partial charge on any atom is 0.416 e. The summed E-state index contributed by atoms with van der Waals surface area (Å²) < 4.78 is 38.5. The van der Waals surface area contributed by atoms with Crippen molar-refractivity contribution in [1.82, 2.24) is 0 Å². The van der Waals surface area contributed by atoms with E-state index in [2.05, 4.69) is 10.3 Å². The molecule has 1 unspecified atom stereocenters. The van der Waals surface area contributed by atoms with Crippen LogP contribution >= 0.6 is 35.0 Å². The van der Waals surface area contributed by atoms with Crippen molar-refractivity contribution in [2.24, 2.45) is 4.99 Å². The van der Waals surface area contributed by atoms with E-state index >= 15 is 0 Å². The van der Waals surface area contributed by atoms with E-state index in [9.17, 15) is 18.0 Å². The Morgan fingerprint density at radius 2 is 1.86 bits per heavy atom. The molecule has 1 N–H and O–H groups in total. The molecule has 2 aromatic rings. The second-order valence-electron chi connectivity index (χ2n) is 5.99. The van der Waals surface area contributed by atoms with E-state index in [1.165, 1.54) is 40.9 Å². The topological polar surface area (TPSA) is 44.7 Å². The Morgan fingerprint density at radius 1 is 1.18 bits per heavy atom. The van der Waals surface area contributed by atoms with Gasteiger partial charge in [0.2, 0.25) is 0 Å². The highest BCUT2D eigenvalue weighted by Crippen LogP contribution is 2.33. The molecule has 0 fully saturated rings. The molecule has 1 aliphatic rings. The molecule has 28 heavy (non-hydrogen) atoms. The highest BCUT2D eigenvalue weighted by molar-refractivity contribution is 8.15. The van der Waals surface area contributed by atoms with Gasteiger partial charge < -0.3 is 5.32 Å². The second kappa shape index (κ2) is 8.23. The number of hydrogen-bond donors (Lipinski definition) is 1. The highest BCUT2D eigenvalue weighted by atomic mass is 35.5. The van der Waals surface area contributed by atoms with Crippen LogP contribution in [0.3, 0.4) is 0 Å². The first-order valence-corrected chi connectivity index (χ1v) is 9.73. The summed E-state index contributed by atoms with van der Waals surface area (Å²) in [5.74, 6) is 0. The van der Waals surface area contributed by atoms with Crippen LogP contribution in [0.25, 0.3) is 0 Å². The number of aliphatic imine (C=N–C) groups is 1. The molecule has 0 saturated heterocycles. The Bertz CT molecular complexity index is 919. The summed E-state index contributed by atoms with van der Waals surface area (Å²) in [5, 5.41) is 3.84. The molecular weight excluding hydrogens is 434 g/mol. The van der Waals surface area contributed by atoms with E-state index in [-0.39, 0.29) is 16.0 Å². The zero-order valence-electron chi connectivity index (χ0n) is 14.4. The smallest absolute Gasteiger partial charge is 0.307 e. The maximum absolute atomic E-state index is 12.9. The van der Waals surface area contributed by atoms with Crippen molar-refractivity contribution in [1.29, 1.82) is 0 Å². The van der Waals surface area contributed by atoms with E-state index in [0.29, 0.717) is 22.4 Å². The molecule has 0 saturated carbocycles. The number of nitrogens with zero attached hydrogens (tertiary/aromatic N) is 2. The maximum atomic E-state index is 12.9. The summed E-state index contributed by atoms with van der Waals surface area (Å²) in [6.45, 7) is 2.46. The van der Waals surface area contributed by atoms with Gasteiger partial charge in [-0.1, -0.05) is 41.9 Å². The van der Waals surface area contributed by atoms with E-state index in [1.54, 1.807) is 6.07 Å². The fourth-order valence-electron chi connectivity index (χ4n) is 2.45. The third-order valence-corrected chi connectivity index (χ3v) is 5.62. The van der Waals surface area contributed by atoms with E-state index < -0.39 is 17.8 Å². The molecule has 0 aromatic heterocycles. The molecule has 10 heteroatoms. The summed E-state index contributed by atoms with van der Waals surface area (Å²) in [5.41, 5.74) is -0.130. The molecule has 1 atom stereocenters. The van der Waals surface area contributed by atoms with Gasteiger partial charge in [-0.25, -0.2) is 9.69 Å². The number of rotatable bonds is 2. The van der Waals surface area contributed by atoms with Gasteiger partial charge in [-0.3, -0.25) is 4.99 Å². The fourth-order valence-corrected chi connectivity index (χ4v) is 3.70. The first kappa shape index (κ1) is 20.8. The highest BCUT2D eigenvalue weighted by Gasteiger charge is 2.32. The van der Waals surface area contributed by atoms with Crippen LogP contribution in [0.15, 0.2) is 47.5 Å². The average Bonchev–Trinajstić information content (AvgIpc) is 3.04. The zero-order valence-corrected chi connectivity index (χ0v) is 16.8. The van der Waals surface area contributed by atoms with E-state index in [1.807, 2.05) is 6.92 Å². The monoisotopic (exact) mass is 447 g/mol. The third-order valence-electron chi connectivity index (χ3n) is 3.81. The lowest BCUT2D eigenvalue weighted by Crippen LogP contribution is -2.38. The van der Waals surface area contributed by atoms with Gasteiger partial charge >= 0.3 is 12.2 Å². The average molecular weight is 448 g/mol. The SMILES string of the molecule is CC1CN=C(N(C(=O)Nc2ccc(Cl)c(Cl)c2)c2ccc(C(F)(F)F)cc2)S1. The quantitative estimate of drug-likeness (QED) is 0.567. The molecular formula is C18H14Cl2F3N3OS. The van der Waals surface area contributed by atoms with Gasteiger partial charge in [0.1, 0.15) is 0 Å². The number of urea groups is 1. The molecule has 1 heterocycles. The third kappa shape index (κ3) is 4.74. The molecule has 1 aliphatic heterocycles. The summed E-state index contributed by atoms with van der Waals surface area (Å²) >= 11 is 13.2. The van der Waals surface area contributed by atoms with Crippen LogP contribution in [-0.4, -0.2) is 23.0 Å².